The maximum absolute atomic E-state index is 13.7. The summed E-state index contributed by atoms with van der Waals surface area (Å²) in [4.78, 5) is 0. The Morgan fingerprint density at radius 1 is 1.53 bits per heavy atom. The number of benzene rings is 1. The van der Waals surface area contributed by atoms with Crippen LogP contribution < -0.4 is 10.1 Å². The normalized spacial score (nSPS) is 17.8. The maximum Gasteiger partial charge on any atom is 0.165 e. The summed E-state index contributed by atoms with van der Waals surface area (Å²) in [6.07, 6.45) is 5.27. The van der Waals surface area contributed by atoms with Crippen molar-refractivity contribution in [3.8, 4) is 5.75 Å². The first-order valence-electron chi connectivity index (χ1n) is 6.76. The second kappa shape index (κ2) is 5.74. The molecule has 1 unspecified atom stereocenters. The van der Waals surface area contributed by atoms with Gasteiger partial charge in [0.2, 0.25) is 0 Å². The Kier molecular flexibility index (Phi) is 4.25. The van der Waals surface area contributed by atoms with Crippen LogP contribution in [-0.4, -0.2) is 19.7 Å². The van der Waals surface area contributed by atoms with E-state index in [0.29, 0.717) is 11.8 Å². The van der Waals surface area contributed by atoms with Crippen molar-refractivity contribution in [1.82, 2.24) is 5.32 Å². The van der Waals surface area contributed by atoms with Gasteiger partial charge in [-0.05, 0) is 37.0 Å². The first-order chi connectivity index (χ1) is 9.06. The summed E-state index contributed by atoms with van der Waals surface area (Å²) in [6.45, 7) is 6.96. The van der Waals surface area contributed by atoms with Crippen molar-refractivity contribution in [2.45, 2.75) is 32.2 Å². The van der Waals surface area contributed by atoms with Gasteiger partial charge in [-0.1, -0.05) is 19.1 Å². The van der Waals surface area contributed by atoms with Crippen molar-refractivity contribution in [3.63, 3.8) is 0 Å². The van der Waals surface area contributed by atoms with Crippen LogP contribution in [0.25, 0.3) is 0 Å². The molecular formula is C16H22FNO. The molecule has 0 amide bonds. The Bertz CT molecular complexity index is 456. The van der Waals surface area contributed by atoms with Gasteiger partial charge in [-0.2, -0.15) is 0 Å². The molecule has 1 aliphatic rings. The van der Waals surface area contributed by atoms with Gasteiger partial charge >= 0.3 is 0 Å². The first kappa shape index (κ1) is 14.1. The summed E-state index contributed by atoms with van der Waals surface area (Å²) in [5.74, 6) is -0.0123. The van der Waals surface area contributed by atoms with Crippen LogP contribution in [0.3, 0.4) is 0 Å². The third kappa shape index (κ3) is 3.80. The molecule has 1 N–H and O–H groups in total. The number of nitrogens with one attached hydrogen (secondary N) is 1. The predicted molar refractivity (Wildman–Crippen MR) is 76.0 cm³/mol. The van der Waals surface area contributed by atoms with Crippen LogP contribution >= 0.6 is 0 Å². The third-order valence-electron chi connectivity index (χ3n) is 3.69. The number of ether oxygens (including phenoxy) is 1. The average molecular weight is 263 g/mol. The van der Waals surface area contributed by atoms with Crippen LogP contribution in [0.1, 0.15) is 25.3 Å². The quantitative estimate of drug-likeness (QED) is 0.762. The molecule has 2 nitrogen and oxygen atoms in total. The van der Waals surface area contributed by atoms with E-state index in [-0.39, 0.29) is 11.2 Å². The van der Waals surface area contributed by atoms with Gasteiger partial charge in [0.05, 0.1) is 7.11 Å². The van der Waals surface area contributed by atoms with E-state index in [4.69, 9.17) is 4.74 Å². The lowest BCUT2D eigenvalue weighted by atomic mass is 9.83. The van der Waals surface area contributed by atoms with Crippen molar-refractivity contribution in [1.29, 1.82) is 0 Å². The highest BCUT2D eigenvalue weighted by atomic mass is 19.1. The molecule has 1 aromatic rings. The van der Waals surface area contributed by atoms with E-state index >= 15 is 0 Å². The Morgan fingerprint density at radius 2 is 2.26 bits per heavy atom. The first-order valence-corrected chi connectivity index (χ1v) is 6.76. The molecule has 0 aliphatic heterocycles. The zero-order valence-corrected chi connectivity index (χ0v) is 11.7. The maximum atomic E-state index is 13.7. The Labute approximate surface area is 114 Å². The molecule has 1 aliphatic carbocycles. The predicted octanol–water partition coefficient (Wildman–Crippen LogP) is 3.32. The summed E-state index contributed by atoms with van der Waals surface area (Å²) < 4.78 is 18.6. The second-order valence-electron chi connectivity index (χ2n) is 5.66. The number of hydrogen-bond acceptors (Lipinski definition) is 2. The highest BCUT2D eigenvalue weighted by Gasteiger charge is 2.26. The molecule has 0 saturated heterocycles. The van der Waals surface area contributed by atoms with E-state index in [0.717, 1.165) is 18.5 Å². The summed E-state index contributed by atoms with van der Waals surface area (Å²) >= 11 is 0. The minimum atomic E-state index is -0.304. The fourth-order valence-corrected chi connectivity index (χ4v) is 2.16. The molecule has 19 heavy (non-hydrogen) atoms. The second-order valence-corrected chi connectivity index (χ2v) is 5.66. The van der Waals surface area contributed by atoms with Crippen LogP contribution in [-0.2, 0) is 6.42 Å². The minimum absolute atomic E-state index is 0.0520. The molecule has 0 aromatic heterocycles. The van der Waals surface area contributed by atoms with Gasteiger partial charge in [0.1, 0.15) is 0 Å². The highest BCUT2D eigenvalue weighted by Crippen LogP contribution is 2.28. The number of rotatable bonds is 7. The zero-order chi connectivity index (χ0) is 13.9. The number of halogens is 1. The molecule has 0 bridgehead atoms. The topological polar surface area (TPSA) is 21.3 Å². The van der Waals surface area contributed by atoms with E-state index in [2.05, 4.69) is 18.8 Å². The van der Waals surface area contributed by atoms with E-state index in [1.54, 1.807) is 12.1 Å². The van der Waals surface area contributed by atoms with Crippen molar-refractivity contribution in [3.05, 3.63) is 42.2 Å². The highest BCUT2D eigenvalue weighted by molar-refractivity contribution is 5.30. The van der Waals surface area contributed by atoms with Gasteiger partial charge in [0, 0.05) is 18.0 Å². The fourth-order valence-electron chi connectivity index (χ4n) is 2.16. The van der Waals surface area contributed by atoms with Gasteiger partial charge in [0.15, 0.2) is 11.6 Å². The summed E-state index contributed by atoms with van der Waals surface area (Å²) in [6, 6.07) is 5.83. The molecule has 0 spiro atoms. The fraction of sp³-hybridized carbons (Fsp3) is 0.500. The summed E-state index contributed by atoms with van der Waals surface area (Å²) in [5.41, 5.74) is 0.919. The Hall–Kier alpha value is -1.35. The molecule has 1 atom stereocenters. The van der Waals surface area contributed by atoms with Crippen molar-refractivity contribution < 1.29 is 9.13 Å². The third-order valence-corrected chi connectivity index (χ3v) is 3.69. The molecule has 0 heterocycles. The van der Waals surface area contributed by atoms with Gasteiger partial charge in [-0.3, -0.25) is 0 Å². The standard InChI is InChI=1S/C16H22FNO/c1-4-16(2,11-18-13-6-7-13)10-12-5-8-15(19-3)14(17)9-12/h4-5,8-9,13,18H,1,6-7,10-11H2,2-3H3. The molecule has 104 valence electrons. The zero-order valence-electron chi connectivity index (χ0n) is 11.7. The van der Waals surface area contributed by atoms with Crippen LogP contribution in [0.4, 0.5) is 4.39 Å². The van der Waals surface area contributed by atoms with E-state index in [9.17, 15) is 4.39 Å². The monoisotopic (exact) mass is 263 g/mol. The number of hydrogen-bond donors (Lipinski definition) is 1. The van der Waals surface area contributed by atoms with E-state index in [1.807, 2.05) is 12.1 Å². The van der Waals surface area contributed by atoms with Gasteiger partial charge < -0.3 is 10.1 Å². The van der Waals surface area contributed by atoms with Crippen molar-refractivity contribution >= 4 is 0 Å². The van der Waals surface area contributed by atoms with E-state index in [1.165, 1.54) is 20.0 Å². The largest absolute Gasteiger partial charge is 0.494 e. The number of methoxy groups -OCH3 is 1. The average Bonchev–Trinajstić information content (AvgIpc) is 3.21. The van der Waals surface area contributed by atoms with Gasteiger partial charge in [-0.15, -0.1) is 6.58 Å². The molecule has 1 aromatic carbocycles. The summed E-state index contributed by atoms with van der Waals surface area (Å²) in [7, 11) is 1.48. The van der Waals surface area contributed by atoms with Crippen LogP contribution in [0, 0.1) is 11.2 Å². The summed E-state index contributed by atoms with van der Waals surface area (Å²) in [5, 5.41) is 3.52. The van der Waals surface area contributed by atoms with Gasteiger partial charge in [0.25, 0.3) is 0 Å². The molecule has 2 rings (SSSR count). The van der Waals surface area contributed by atoms with Crippen molar-refractivity contribution in [2.24, 2.45) is 5.41 Å². The Morgan fingerprint density at radius 3 is 2.79 bits per heavy atom. The lowest BCUT2D eigenvalue weighted by Gasteiger charge is -2.26. The molecular weight excluding hydrogens is 241 g/mol. The molecule has 0 radical (unpaired) electrons. The lowest BCUT2D eigenvalue weighted by molar-refractivity contribution is 0.379. The van der Waals surface area contributed by atoms with Crippen molar-refractivity contribution in [2.75, 3.05) is 13.7 Å². The Balaban J connectivity index is 2.03. The van der Waals surface area contributed by atoms with Crippen LogP contribution in [0.2, 0.25) is 0 Å². The molecule has 1 saturated carbocycles. The lowest BCUT2D eigenvalue weighted by Crippen LogP contribution is -2.33. The minimum Gasteiger partial charge on any atom is -0.494 e. The van der Waals surface area contributed by atoms with Crippen LogP contribution in [0.5, 0.6) is 5.75 Å². The smallest absolute Gasteiger partial charge is 0.165 e. The van der Waals surface area contributed by atoms with E-state index < -0.39 is 0 Å². The molecule has 3 heteroatoms. The SMILES string of the molecule is C=CC(C)(CNC1CC1)Cc1ccc(OC)c(F)c1. The van der Waals surface area contributed by atoms with Gasteiger partial charge in [-0.25, -0.2) is 4.39 Å². The molecule has 1 fully saturated rings. The van der Waals surface area contributed by atoms with Crippen LogP contribution in [0.15, 0.2) is 30.9 Å².